The fraction of sp³-hybridized carbons (Fsp3) is 0.263. The number of anilines is 2. The highest BCUT2D eigenvalue weighted by molar-refractivity contribution is 7.93. The molecule has 1 aliphatic rings. The number of rotatable bonds is 5. The molecule has 2 amide bonds. The van der Waals surface area contributed by atoms with E-state index in [-0.39, 0.29) is 29.6 Å². The van der Waals surface area contributed by atoms with Crippen LogP contribution in [0.1, 0.15) is 22.3 Å². The highest BCUT2D eigenvalue weighted by Crippen LogP contribution is 2.31. The zero-order chi connectivity index (χ0) is 20.3. The molecule has 9 heteroatoms. The molecule has 1 aliphatic heterocycles. The number of sulfonamides is 1. The Balaban J connectivity index is 1.66. The second-order valence-electron chi connectivity index (χ2n) is 6.49. The normalized spacial score (nSPS) is 15.2. The van der Waals surface area contributed by atoms with Crippen LogP contribution in [0, 0.1) is 6.92 Å². The molecule has 1 heterocycles. The average Bonchev–Trinajstić information content (AvgIpc) is 3.01. The Morgan fingerprint density at radius 1 is 1.18 bits per heavy atom. The molecule has 2 aromatic carbocycles. The van der Waals surface area contributed by atoms with Crippen LogP contribution in [0.2, 0.25) is 0 Å². The Labute approximate surface area is 163 Å². The van der Waals surface area contributed by atoms with Crippen LogP contribution in [0.15, 0.2) is 42.5 Å². The number of nitrogens with one attached hydrogen (secondary N) is 2. The number of benzene rings is 2. The lowest BCUT2D eigenvalue weighted by atomic mass is 10.1. The summed E-state index contributed by atoms with van der Waals surface area (Å²) in [6.45, 7) is 1.86. The van der Waals surface area contributed by atoms with Gasteiger partial charge in [0.1, 0.15) is 5.75 Å². The van der Waals surface area contributed by atoms with Gasteiger partial charge in [0.25, 0.3) is 5.91 Å². The molecule has 2 aromatic rings. The molecule has 3 rings (SSSR count). The number of carbonyl (C=O) groups is 2. The van der Waals surface area contributed by atoms with Gasteiger partial charge in [-0.15, -0.1) is 0 Å². The number of phenolic OH excluding ortho intramolecular Hbond substituents is 1. The molecule has 0 aromatic heterocycles. The number of nitrogens with zero attached hydrogens (tertiary/aromatic N) is 1. The van der Waals surface area contributed by atoms with E-state index in [1.807, 2.05) is 6.07 Å². The number of carbonyl (C=O) groups excluding carboxylic acids is 2. The van der Waals surface area contributed by atoms with E-state index in [0.717, 1.165) is 5.56 Å². The van der Waals surface area contributed by atoms with E-state index in [0.29, 0.717) is 24.2 Å². The molecule has 0 saturated carbocycles. The van der Waals surface area contributed by atoms with Crippen molar-refractivity contribution in [3.63, 3.8) is 0 Å². The van der Waals surface area contributed by atoms with Gasteiger partial charge in [0.15, 0.2) is 0 Å². The van der Waals surface area contributed by atoms with E-state index in [1.165, 1.54) is 22.5 Å². The monoisotopic (exact) mass is 403 g/mol. The zero-order valence-electron chi connectivity index (χ0n) is 15.3. The van der Waals surface area contributed by atoms with Crippen molar-refractivity contribution in [2.45, 2.75) is 13.3 Å². The molecule has 0 spiro atoms. The molecule has 8 nitrogen and oxygen atoms in total. The molecular weight excluding hydrogens is 382 g/mol. The van der Waals surface area contributed by atoms with Crippen molar-refractivity contribution in [2.24, 2.45) is 0 Å². The molecule has 28 heavy (non-hydrogen) atoms. The molecule has 148 valence electrons. The lowest BCUT2D eigenvalue weighted by Crippen LogP contribution is -2.33. The van der Waals surface area contributed by atoms with Crippen molar-refractivity contribution < 1.29 is 23.1 Å². The van der Waals surface area contributed by atoms with Crippen molar-refractivity contribution in [3.8, 4) is 5.75 Å². The van der Waals surface area contributed by atoms with E-state index >= 15 is 0 Å². The van der Waals surface area contributed by atoms with Gasteiger partial charge in [0.2, 0.25) is 15.9 Å². The number of amides is 2. The summed E-state index contributed by atoms with van der Waals surface area (Å²) in [5.74, 6) is -1.05. The Bertz CT molecular complexity index is 1020. The Morgan fingerprint density at radius 2 is 1.93 bits per heavy atom. The van der Waals surface area contributed by atoms with Gasteiger partial charge in [-0.25, -0.2) is 8.42 Å². The van der Waals surface area contributed by atoms with Gasteiger partial charge < -0.3 is 15.7 Å². The highest BCUT2D eigenvalue weighted by atomic mass is 32.2. The Hall–Kier alpha value is -3.07. The smallest absolute Gasteiger partial charge is 0.251 e. The van der Waals surface area contributed by atoms with Gasteiger partial charge in [-0.1, -0.05) is 18.2 Å². The maximum absolute atomic E-state index is 12.2. The van der Waals surface area contributed by atoms with Gasteiger partial charge in [0, 0.05) is 12.1 Å². The van der Waals surface area contributed by atoms with E-state index in [2.05, 4.69) is 10.6 Å². The maximum atomic E-state index is 12.2. The first kappa shape index (κ1) is 19.7. The van der Waals surface area contributed by atoms with E-state index in [9.17, 15) is 23.1 Å². The lowest BCUT2D eigenvalue weighted by Gasteiger charge is -2.18. The van der Waals surface area contributed by atoms with Gasteiger partial charge in [-0.3, -0.25) is 13.9 Å². The Kier molecular flexibility index (Phi) is 5.55. The van der Waals surface area contributed by atoms with Crippen LogP contribution in [0.4, 0.5) is 11.4 Å². The van der Waals surface area contributed by atoms with Crippen molar-refractivity contribution >= 4 is 33.2 Å². The second kappa shape index (κ2) is 7.89. The first-order valence-electron chi connectivity index (χ1n) is 8.75. The first-order valence-corrected chi connectivity index (χ1v) is 10.4. The van der Waals surface area contributed by atoms with E-state index < -0.39 is 15.9 Å². The summed E-state index contributed by atoms with van der Waals surface area (Å²) in [5, 5.41) is 15.0. The van der Waals surface area contributed by atoms with Gasteiger partial charge in [-0.05, 0) is 43.2 Å². The van der Waals surface area contributed by atoms with Gasteiger partial charge in [0.05, 0.1) is 23.7 Å². The van der Waals surface area contributed by atoms with Crippen molar-refractivity contribution in [1.82, 2.24) is 5.32 Å². The minimum absolute atomic E-state index is 0.0699. The van der Waals surface area contributed by atoms with Crippen LogP contribution in [0.25, 0.3) is 0 Å². The molecular formula is C19H21N3O5S. The summed E-state index contributed by atoms with van der Waals surface area (Å²) in [5.41, 5.74) is 1.71. The largest absolute Gasteiger partial charge is 0.506 e. The average molecular weight is 403 g/mol. The SMILES string of the molecule is Cc1ccccc1C(=O)NCC(=O)Nc1cc(N2CCCS2(=O)=O)ccc1O. The zero-order valence-corrected chi connectivity index (χ0v) is 16.1. The fourth-order valence-electron chi connectivity index (χ4n) is 2.99. The maximum Gasteiger partial charge on any atom is 0.251 e. The van der Waals surface area contributed by atoms with Crippen molar-refractivity contribution in [1.29, 1.82) is 0 Å². The quantitative estimate of drug-likeness (QED) is 0.656. The number of hydrogen-bond acceptors (Lipinski definition) is 5. The number of aryl methyl sites for hydroxylation is 1. The predicted molar refractivity (Wildman–Crippen MR) is 106 cm³/mol. The molecule has 3 N–H and O–H groups in total. The topological polar surface area (TPSA) is 116 Å². The van der Waals surface area contributed by atoms with E-state index in [1.54, 1.807) is 25.1 Å². The summed E-state index contributed by atoms with van der Waals surface area (Å²) in [7, 11) is -3.37. The number of aromatic hydroxyl groups is 1. The minimum atomic E-state index is -3.37. The third kappa shape index (κ3) is 4.25. The van der Waals surface area contributed by atoms with E-state index in [4.69, 9.17) is 0 Å². The molecule has 1 saturated heterocycles. The fourth-order valence-corrected chi connectivity index (χ4v) is 4.54. The lowest BCUT2D eigenvalue weighted by molar-refractivity contribution is -0.115. The van der Waals surface area contributed by atoms with Crippen LogP contribution >= 0.6 is 0 Å². The summed E-state index contributed by atoms with van der Waals surface area (Å²) in [4.78, 5) is 24.4. The van der Waals surface area contributed by atoms with Crippen LogP contribution in [0.3, 0.4) is 0 Å². The summed E-state index contributed by atoms with van der Waals surface area (Å²) in [6.07, 6.45) is 0.524. The summed E-state index contributed by atoms with van der Waals surface area (Å²) in [6, 6.07) is 11.2. The van der Waals surface area contributed by atoms with Crippen LogP contribution in [-0.4, -0.2) is 44.2 Å². The molecule has 0 unspecified atom stereocenters. The van der Waals surface area contributed by atoms with Crippen molar-refractivity contribution in [2.75, 3.05) is 28.5 Å². The molecule has 0 radical (unpaired) electrons. The Morgan fingerprint density at radius 3 is 2.61 bits per heavy atom. The molecule has 0 aliphatic carbocycles. The third-order valence-electron chi connectivity index (χ3n) is 4.44. The second-order valence-corrected chi connectivity index (χ2v) is 8.50. The summed E-state index contributed by atoms with van der Waals surface area (Å²) < 4.78 is 25.3. The number of phenols is 1. The minimum Gasteiger partial charge on any atom is -0.506 e. The molecule has 1 fully saturated rings. The van der Waals surface area contributed by atoms with Gasteiger partial charge in [-0.2, -0.15) is 0 Å². The first-order chi connectivity index (χ1) is 13.3. The molecule has 0 bridgehead atoms. The van der Waals surface area contributed by atoms with Crippen LogP contribution in [-0.2, 0) is 14.8 Å². The van der Waals surface area contributed by atoms with Crippen LogP contribution < -0.4 is 14.9 Å². The predicted octanol–water partition coefficient (Wildman–Crippen LogP) is 1.61. The summed E-state index contributed by atoms with van der Waals surface area (Å²) >= 11 is 0. The standard InChI is InChI=1S/C19H21N3O5S/c1-13-5-2-3-6-15(13)19(25)20-12-18(24)21-16-11-14(7-8-17(16)23)22-9-4-10-28(22,26)27/h2-3,5-8,11,23H,4,9-10,12H2,1H3,(H,20,25)(H,21,24). The van der Waals surface area contributed by atoms with Crippen LogP contribution in [0.5, 0.6) is 5.75 Å². The van der Waals surface area contributed by atoms with Crippen molar-refractivity contribution in [3.05, 3.63) is 53.6 Å². The number of hydrogen-bond donors (Lipinski definition) is 3. The van der Waals surface area contributed by atoms with Gasteiger partial charge >= 0.3 is 0 Å². The molecule has 0 atom stereocenters. The highest BCUT2D eigenvalue weighted by Gasteiger charge is 2.28. The third-order valence-corrected chi connectivity index (χ3v) is 6.31.